The van der Waals surface area contributed by atoms with Gasteiger partial charge < -0.3 is 15.3 Å². The quantitative estimate of drug-likeness (QED) is 0.382. The van der Waals surface area contributed by atoms with Crippen LogP contribution in [0.2, 0.25) is 0 Å². The van der Waals surface area contributed by atoms with Crippen LogP contribution in [-0.4, -0.2) is 30.1 Å². The minimum Gasteiger partial charge on any atom is -0.505 e. The van der Waals surface area contributed by atoms with E-state index < -0.39 is 0 Å². The highest BCUT2D eigenvalue weighted by Crippen LogP contribution is 2.45. The Morgan fingerprint density at radius 1 is 0.939 bits per heavy atom. The molecular formula is C24H16N6O2S. The smallest absolute Gasteiger partial charge is 0.153 e. The van der Waals surface area contributed by atoms with E-state index in [1.807, 2.05) is 47.5 Å². The van der Waals surface area contributed by atoms with Crippen molar-refractivity contribution in [2.75, 3.05) is 10.2 Å². The van der Waals surface area contributed by atoms with E-state index in [4.69, 9.17) is 0 Å². The maximum Gasteiger partial charge on any atom is 0.153 e. The molecule has 0 saturated carbocycles. The van der Waals surface area contributed by atoms with E-state index in [1.165, 1.54) is 11.7 Å². The molecule has 0 spiro atoms. The number of nitrogens with zero attached hydrogens (tertiary/aromatic N) is 5. The van der Waals surface area contributed by atoms with Gasteiger partial charge in [-0.05, 0) is 42.0 Å². The number of anilines is 2. The van der Waals surface area contributed by atoms with Crippen LogP contribution in [0, 0.1) is 0 Å². The third-order valence-corrected chi connectivity index (χ3v) is 6.22. The molecule has 1 aliphatic rings. The highest BCUT2D eigenvalue weighted by atomic mass is 32.1. The summed E-state index contributed by atoms with van der Waals surface area (Å²) in [4.78, 5) is 22.3. The molecule has 2 aromatic heterocycles. The molecule has 3 heterocycles. The zero-order valence-electron chi connectivity index (χ0n) is 17.1. The van der Waals surface area contributed by atoms with Crippen molar-refractivity contribution in [3.63, 3.8) is 0 Å². The number of aromatic nitrogens is 4. The van der Waals surface area contributed by atoms with Crippen molar-refractivity contribution in [2.45, 2.75) is 6.54 Å². The van der Waals surface area contributed by atoms with Gasteiger partial charge in [-0.2, -0.15) is 8.75 Å². The molecule has 3 aromatic carbocycles. The molecule has 33 heavy (non-hydrogen) atoms. The normalized spacial score (nSPS) is 13.0. The number of fused-ring (bicyclic) bond motifs is 3. The summed E-state index contributed by atoms with van der Waals surface area (Å²) in [5.41, 5.74) is 7.42. The monoisotopic (exact) mass is 452 g/mol. The predicted molar refractivity (Wildman–Crippen MR) is 128 cm³/mol. The lowest BCUT2D eigenvalue weighted by Gasteiger charge is -2.34. The average Bonchev–Trinajstić information content (AvgIpc) is 3.32. The summed E-state index contributed by atoms with van der Waals surface area (Å²) in [6, 6.07) is 15.2. The number of carbonyl (C=O) groups is 1. The Morgan fingerprint density at radius 2 is 1.76 bits per heavy atom. The van der Waals surface area contributed by atoms with Gasteiger partial charge in [0.25, 0.3) is 0 Å². The molecule has 0 atom stereocenters. The molecule has 1 aliphatic heterocycles. The summed E-state index contributed by atoms with van der Waals surface area (Å²) >= 11 is 1.17. The second kappa shape index (κ2) is 7.64. The predicted octanol–water partition coefficient (Wildman–Crippen LogP) is 4.58. The molecule has 9 heteroatoms. The molecule has 0 fully saturated rings. The highest BCUT2D eigenvalue weighted by Gasteiger charge is 2.26. The van der Waals surface area contributed by atoms with Crippen LogP contribution in [0.5, 0.6) is 5.75 Å². The molecule has 0 bridgehead atoms. The molecule has 160 valence electrons. The van der Waals surface area contributed by atoms with Crippen LogP contribution in [0.4, 0.5) is 11.4 Å². The number of aldehydes is 1. The van der Waals surface area contributed by atoms with Gasteiger partial charge in [0.15, 0.2) is 12.0 Å². The van der Waals surface area contributed by atoms with Crippen molar-refractivity contribution >= 4 is 57.2 Å². The topological polar surface area (TPSA) is 104 Å². The number of hydrogen-bond acceptors (Lipinski definition) is 9. The maximum atomic E-state index is 11.6. The number of benzene rings is 3. The van der Waals surface area contributed by atoms with Crippen molar-refractivity contribution in [1.29, 1.82) is 0 Å². The summed E-state index contributed by atoms with van der Waals surface area (Å²) < 4.78 is 8.64. The molecule has 0 saturated heterocycles. The van der Waals surface area contributed by atoms with Crippen LogP contribution in [0.15, 0.2) is 67.1 Å². The van der Waals surface area contributed by atoms with Crippen LogP contribution in [0.25, 0.3) is 27.8 Å². The first-order valence-corrected chi connectivity index (χ1v) is 10.9. The summed E-state index contributed by atoms with van der Waals surface area (Å²) in [7, 11) is 0. The van der Waals surface area contributed by atoms with E-state index in [2.05, 4.69) is 24.0 Å². The lowest BCUT2D eigenvalue weighted by Crippen LogP contribution is -2.26. The molecule has 0 amide bonds. The standard InChI is InChI=1S/C24H16N6O2S/c31-13-16-3-6-19-23(24(16)32)30(12-14-1-4-17-20(9-14)26-8-7-25-17)22(11-27-19)15-2-5-18-21(10-15)29-33-28-18/h1-11,13,27,32H,12H2. The van der Waals surface area contributed by atoms with Crippen LogP contribution < -0.4 is 10.2 Å². The summed E-state index contributed by atoms with van der Waals surface area (Å²) in [6.45, 7) is 0.441. The third-order valence-electron chi connectivity index (χ3n) is 5.66. The number of rotatable bonds is 4. The van der Waals surface area contributed by atoms with Crippen LogP contribution in [0.1, 0.15) is 21.5 Å². The van der Waals surface area contributed by atoms with Gasteiger partial charge in [-0.15, -0.1) is 0 Å². The Balaban J connectivity index is 1.50. The Bertz CT molecular complexity index is 1580. The minimum atomic E-state index is -0.0717. The molecule has 5 aromatic rings. The Morgan fingerprint density at radius 3 is 2.64 bits per heavy atom. The van der Waals surface area contributed by atoms with Gasteiger partial charge >= 0.3 is 0 Å². The van der Waals surface area contributed by atoms with Crippen molar-refractivity contribution in [3.8, 4) is 5.75 Å². The van der Waals surface area contributed by atoms with Crippen molar-refractivity contribution in [2.24, 2.45) is 0 Å². The van der Waals surface area contributed by atoms with Gasteiger partial charge in [0.2, 0.25) is 0 Å². The molecule has 0 aliphatic carbocycles. The zero-order chi connectivity index (χ0) is 22.4. The minimum absolute atomic E-state index is 0.0717. The Kier molecular flexibility index (Phi) is 4.48. The van der Waals surface area contributed by atoms with E-state index in [0.717, 1.165) is 38.9 Å². The van der Waals surface area contributed by atoms with Gasteiger partial charge in [0, 0.05) is 30.7 Å². The van der Waals surface area contributed by atoms with Crippen LogP contribution >= 0.6 is 11.7 Å². The first-order valence-electron chi connectivity index (χ1n) is 10.2. The number of aromatic hydroxyl groups is 1. The van der Waals surface area contributed by atoms with Crippen molar-refractivity contribution < 1.29 is 9.90 Å². The van der Waals surface area contributed by atoms with Gasteiger partial charge in [0.05, 0.1) is 39.7 Å². The third kappa shape index (κ3) is 3.26. The summed E-state index contributed by atoms with van der Waals surface area (Å²) in [5.74, 6) is -0.0717. The van der Waals surface area contributed by atoms with Gasteiger partial charge in [0.1, 0.15) is 16.7 Å². The Hall–Kier alpha value is -4.37. The number of hydrogen-bond donors (Lipinski definition) is 2. The van der Waals surface area contributed by atoms with Crippen LogP contribution in [-0.2, 0) is 6.54 Å². The lowest BCUT2D eigenvalue weighted by molar-refractivity contribution is 0.112. The SMILES string of the molecule is O=Cc1ccc2c(c1O)N(Cc1ccc3nccnc3c1)C(c1ccc3nsnc3c1)=CN2. The molecular weight excluding hydrogens is 436 g/mol. The van der Waals surface area contributed by atoms with Gasteiger partial charge in [-0.3, -0.25) is 14.8 Å². The maximum absolute atomic E-state index is 11.6. The second-order valence-corrected chi connectivity index (χ2v) is 8.15. The van der Waals surface area contributed by atoms with Gasteiger partial charge in [-0.1, -0.05) is 12.1 Å². The lowest BCUT2D eigenvalue weighted by atomic mass is 10.0. The second-order valence-electron chi connectivity index (χ2n) is 7.62. The van der Waals surface area contributed by atoms with E-state index in [9.17, 15) is 9.90 Å². The molecule has 0 unspecified atom stereocenters. The van der Waals surface area contributed by atoms with Crippen molar-refractivity contribution in [1.82, 2.24) is 18.7 Å². The fraction of sp³-hybridized carbons (Fsp3) is 0.0417. The molecule has 8 nitrogen and oxygen atoms in total. The fourth-order valence-corrected chi connectivity index (χ4v) is 4.58. The average molecular weight is 452 g/mol. The van der Waals surface area contributed by atoms with E-state index >= 15 is 0 Å². The largest absolute Gasteiger partial charge is 0.505 e. The number of nitrogens with one attached hydrogen (secondary N) is 1. The fourth-order valence-electron chi connectivity index (χ4n) is 4.06. The summed E-state index contributed by atoms with van der Waals surface area (Å²) in [6.07, 6.45) is 5.88. The molecule has 6 rings (SSSR count). The number of phenols is 1. The number of phenolic OH excluding ortho intramolecular Hbond substituents is 1. The zero-order valence-corrected chi connectivity index (χ0v) is 18.0. The summed E-state index contributed by atoms with van der Waals surface area (Å²) in [5, 5.41) is 14.2. The van der Waals surface area contributed by atoms with Crippen LogP contribution in [0.3, 0.4) is 0 Å². The number of carbonyl (C=O) groups excluding carboxylic acids is 1. The highest BCUT2D eigenvalue weighted by molar-refractivity contribution is 7.00. The van der Waals surface area contributed by atoms with Crippen molar-refractivity contribution in [3.05, 3.63) is 83.8 Å². The molecule has 0 radical (unpaired) electrons. The first-order chi connectivity index (χ1) is 16.2. The molecule has 2 N–H and O–H groups in total. The first kappa shape index (κ1) is 19.3. The van der Waals surface area contributed by atoms with Gasteiger partial charge in [-0.25, -0.2) is 0 Å². The Labute approximate surface area is 192 Å². The van der Waals surface area contributed by atoms with E-state index in [-0.39, 0.29) is 11.3 Å². The van der Waals surface area contributed by atoms with E-state index in [0.29, 0.717) is 24.2 Å². The van der Waals surface area contributed by atoms with E-state index in [1.54, 1.807) is 24.5 Å².